The summed E-state index contributed by atoms with van der Waals surface area (Å²) in [6, 6.07) is 8.86. The van der Waals surface area contributed by atoms with Crippen molar-refractivity contribution in [3.05, 3.63) is 35.2 Å². The molecule has 1 aromatic heterocycles. The van der Waals surface area contributed by atoms with E-state index in [1.54, 1.807) is 24.3 Å². The highest BCUT2D eigenvalue weighted by molar-refractivity contribution is 5.80. The van der Waals surface area contributed by atoms with Gasteiger partial charge in [0.05, 0.1) is 5.39 Å². The Kier molecular flexibility index (Phi) is 1.25. The van der Waals surface area contributed by atoms with Crippen LogP contribution >= 0.6 is 0 Å². The predicted octanol–water partition coefficient (Wildman–Crippen LogP) is 0.673. The Morgan fingerprint density at radius 1 is 1.42 bits per heavy atom. The zero-order chi connectivity index (χ0) is 8.55. The smallest absolute Gasteiger partial charge is 0.252 e. The van der Waals surface area contributed by atoms with Crippen LogP contribution in [0.2, 0.25) is 0 Å². The molecule has 1 heterocycles. The Balaban J connectivity index is 2.94. The number of nitrogens with one attached hydrogen (secondary N) is 1. The van der Waals surface area contributed by atoms with E-state index in [2.05, 4.69) is 5.10 Å². The molecule has 4 heteroatoms. The van der Waals surface area contributed by atoms with Gasteiger partial charge < -0.3 is 5.21 Å². The van der Waals surface area contributed by atoms with Crippen LogP contribution in [0, 0.1) is 16.5 Å². The summed E-state index contributed by atoms with van der Waals surface area (Å²) in [6.45, 7) is 0. The van der Waals surface area contributed by atoms with E-state index in [4.69, 9.17) is 5.26 Å². The number of nitriles is 1. The van der Waals surface area contributed by atoms with Crippen LogP contribution in [0.15, 0.2) is 24.3 Å². The molecule has 0 atom stereocenters. The van der Waals surface area contributed by atoms with E-state index in [0.717, 1.165) is 0 Å². The zero-order valence-electron chi connectivity index (χ0n) is 6.11. The molecule has 0 unspecified atom stereocenters. The highest BCUT2D eigenvalue weighted by Gasteiger charge is 2.10. The lowest BCUT2D eigenvalue weighted by Gasteiger charge is -1.86. The van der Waals surface area contributed by atoms with Gasteiger partial charge in [0.2, 0.25) is 0 Å². The van der Waals surface area contributed by atoms with Gasteiger partial charge in [-0.05, 0) is 6.07 Å². The third-order valence-electron chi connectivity index (χ3n) is 1.72. The summed E-state index contributed by atoms with van der Waals surface area (Å²) >= 11 is 0. The standard InChI is InChI=1S/C8H5N3O/c9-5-7-6-3-1-2-4-8(6)11(12)10-7/h1-4,10H. The number of para-hydroxylation sites is 1. The van der Waals surface area contributed by atoms with Crippen molar-refractivity contribution in [2.45, 2.75) is 0 Å². The fourth-order valence-corrected chi connectivity index (χ4v) is 1.17. The SMILES string of the molecule is N#Cc1[nH][n+]([O-])c2ccccc12. The molecule has 4 nitrogen and oxygen atoms in total. The number of aromatic nitrogens is 2. The van der Waals surface area contributed by atoms with Gasteiger partial charge in [-0.3, -0.25) is 0 Å². The van der Waals surface area contributed by atoms with Gasteiger partial charge >= 0.3 is 0 Å². The number of hydrogen-bond acceptors (Lipinski definition) is 2. The van der Waals surface area contributed by atoms with Gasteiger partial charge in [-0.15, -0.1) is 5.10 Å². The van der Waals surface area contributed by atoms with Crippen molar-refractivity contribution in [2.75, 3.05) is 0 Å². The molecule has 1 N–H and O–H groups in total. The summed E-state index contributed by atoms with van der Waals surface area (Å²) in [6.07, 6.45) is 0. The van der Waals surface area contributed by atoms with Gasteiger partial charge in [0.25, 0.3) is 5.52 Å². The first-order valence-electron chi connectivity index (χ1n) is 3.43. The predicted molar refractivity (Wildman–Crippen MR) is 42.0 cm³/mol. The van der Waals surface area contributed by atoms with Gasteiger partial charge in [0, 0.05) is 6.07 Å². The van der Waals surface area contributed by atoms with Gasteiger partial charge in [-0.2, -0.15) is 5.26 Å². The fraction of sp³-hybridized carbons (Fsp3) is 0. The normalized spacial score (nSPS) is 9.92. The van der Waals surface area contributed by atoms with Gasteiger partial charge in [0.1, 0.15) is 6.07 Å². The lowest BCUT2D eigenvalue weighted by Crippen LogP contribution is -2.27. The number of fused-ring (bicyclic) bond motifs is 1. The second-order valence-electron chi connectivity index (χ2n) is 2.41. The number of rotatable bonds is 0. The zero-order valence-corrected chi connectivity index (χ0v) is 6.11. The van der Waals surface area contributed by atoms with Crippen molar-refractivity contribution < 1.29 is 4.85 Å². The molecular weight excluding hydrogens is 154 g/mol. The summed E-state index contributed by atoms with van der Waals surface area (Å²) in [7, 11) is 0. The minimum absolute atomic E-state index is 0.306. The maximum absolute atomic E-state index is 11.1. The van der Waals surface area contributed by atoms with E-state index < -0.39 is 0 Å². The molecule has 58 valence electrons. The molecule has 0 aliphatic heterocycles. The lowest BCUT2D eigenvalue weighted by atomic mass is 10.2. The Hall–Kier alpha value is -2.02. The van der Waals surface area contributed by atoms with Crippen LogP contribution in [0.3, 0.4) is 0 Å². The summed E-state index contributed by atoms with van der Waals surface area (Å²) in [5.74, 6) is 0. The maximum atomic E-state index is 11.1. The molecule has 0 saturated carbocycles. The van der Waals surface area contributed by atoms with Crippen molar-refractivity contribution >= 4 is 10.9 Å². The van der Waals surface area contributed by atoms with Crippen molar-refractivity contribution in [1.82, 2.24) is 5.10 Å². The number of nitrogens with zero attached hydrogens (tertiary/aromatic N) is 2. The third-order valence-corrected chi connectivity index (χ3v) is 1.72. The number of H-pyrrole nitrogens is 1. The molecule has 0 radical (unpaired) electrons. The fourth-order valence-electron chi connectivity index (χ4n) is 1.17. The lowest BCUT2D eigenvalue weighted by molar-refractivity contribution is -0.639. The van der Waals surface area contributed by atoms with Gasteiger partial charge in [-0.1, -0.05) is 17.0 Å². The molecule has 0 aliphatic carbocycles. The Bertz CT molecular complexity index is 467. The first-order valence-corrected chi connectivity index (χ1v) is 3.43. The van der Waals surface area contributed by atoms with Crippen LogP contribution in [0.25, 0.3) is 10.9 Å². The molecule has 0 spiro atoms. The molecule has 12 heavy (non-hydrogen) atoms. The van der Waals surface area contributed by atoms with E-state index >= 15 is 0 Å². The average Bonchev–Trinajstić information content (AvgIpc) is 2.44. The van der Waals surface area contributed by atoms with Gasteiger partial charge in [0.15, 0.2) is 5.69 Å². The molecule has 2 aromatic rings. The molecule has 2 rings (SSSR count). The first kappa shape index (κ1) is 6.68. The summed E-state index contributed by atoms with van der Waals surface area (Å²) in [5, 5.41) is 22.7. The summed E-state index contributed by atoms with van der Waals surface area (Å²) in [5.41, 5.74) is 0.801. The highest BCUT2D eigenvalue weighted by Crippen LogP contribution is 2.11. The van der Waals surface area contributed by atoms with Gasteiger partial charge in [-0.25, -0.2) is 0 Å². The van der Waals surface area contributed by atoms with Crippen molar-refractivity contribution in [3.63, 3.8) is 0 Å². The van der Waals surface area contributed by atoms with Crippen LogP contribution in [-0.4, -0.2) is 5.10 Å². The Morgan fingerprint density at radius 3 is 2.92 bits per heavy atom. The molecule has 0 bridgehead atoms. The van der Waals surface area contributed by atoms with Crippen LogP contribution in [0.5, 0.6) is 0 Å². The first-order chi connectivity index (χ1) is 5.83. The average molecular weight is 159 g/mol. The highest BCUT2D eigenvalue weighted by atomic mass is 16.5. The number of hydrogen-bond donors (Lipinski definition) is 1. The minimum Gasteiger partial charge on any atom is -0.596 e. The van der Waals surface area contributed by atoms with Crippen molar-refractivity contribution in [3.8, 4) is 6.07 Å². The Morgan fingerprint density at radius 2 is 2.17 bits per heavy atom. The minimum atomic E-state index is 0.306. The Labute approximate surface area is 68.2 Å². The topological polar surface area (TPSA) is 66.5 Å². The largest absolute Gasteiger partial charge is 0.596 e. The molecule has 0 fully saturated rings. The maximum Gasteiger partial charge on any atom is 0.252 e. The monoisotopic (exact) mass is 159 g/mol. The van der Waals surface area contributed by atoms with E-state index in [0.29, 0.717) is 21.4 Å². The molecule has 0 amide bonds. The van der Waals surface area contributed by atoms with E-state index in [1.165, 1.54) is 0 Å². The second kappa shape index (κ2) is 2.24. The van der Waals surface area contributed by atoms with Crippen LogP contribution in [0.1, 0.15) is 5.69 Å². The molecular formula is C8H5N3O. The van der Waals surface area contributed by atoms with Crippen LogP contribution in [0.4, 0.5) is 0 Å². The van der Waals surface area contributed by atoms with E-state index in [-0.39, 0.29) is 0 Å². The third kappa shape index (κ3) is 0.736. The number of aromatic amines is 1. The van der Waals surface area contributed by atoms with Crippen molar-refractivity contribution in [2.24, 2.45) is 0 Å². The van der Waals surface area contributed by atoms with Crippen LogP contribution in [-0.2, 0) is 0 Å². The quantitative estimate of drug-likeness (QED) is 0.453. The van der Waals surface area contributed by atoms with E-state index in [9.17, 15) is 5.21 Å². The molecule has 0 aliphatic rings. The summed E-state index contributed by atoms with van der Waals surface area (Å²) in [4.78, 5) is 0.591. The van der Waals surface area contributed by atoms with Crippen LogP contribution < -0.4 is 4.85 Å². The molecule has 0 saturated heterocycles. The molecule has 1 aromatic carbocycles. The van der Waals surface area contributed by atoms with E-state index in [1.807, 2.05) is 6.07 Å². The number of benzene rings is 1. The second-order valence-corrected chi connectivity index (χ2v) is 2.41. The summed E-state index contributed by atoms with van der Waals surface area (Å²) < 4.78 is 0. The van der Waals surface area contributed by atoms with Crippen molar-refractivity contribution in [1.29, 1.82) is 5.26 Å².